The topological polar surface area (TPSA) is 79.3 Å². The van der Waals surface area contributed by atoms with Crippen molar-refractivity contribution in [3.63, 3.8) is 0 Å². The Morgan fingerprint density at radius 2 is 1.71 bits per heavy atom. The third kappa shape index (κ3) is 4.72. The van der Waals surface area contributed by atoms with Crippen LogP contribution in [0.15, 0.2) is 54.1 Å². The van der Waals surface area contributed by atoms with Crippen molar-refractivity contribution < 1.29 is 24.2 Å². The first-order valence-corrected chi connectivity index (χ1v) is 10.1. The zero-order valence-electron chi connectivity index (χ0n) is 18.3. The highest BCUT2D eigenvalue weighted by Gasteiger charge is 2.45. The molecule has 1 aliphatic heterocycles. The second kappa shape index (κ2) is 9.66. The molecule has 1 amide bonds. The standard InChI is InChI=1S/C24H28N2O5/c1-25(2)13-6-14-26-21(16-9-11-18(30-3)12-10-16)20(23(28)24(26)29)22(27)17-7-5-8-19(15-17)31-4/h5,7-12,15,21,27H,6,13-14H2,1-4H3/b22-20-. The lowest BCUT2D eigenvalue weighted by Crippen LogP contribution is -2.32. The molecular weight excluding hydrogens is 396 g/mol. The molecule has 0 spiro atoms. The minimum atomic E-state index is -0.689. The first-order chi connectivity index (χ1) is 14.9. The molecule has 0 saturated carbocycles. The summed E-state index contributed by atoms with van der Waals surface area (Å²) in [4.78, 5) is 29.5. The Kier molecular flexibility index (Phi) is 6.97. The minimum Gasteiger partial charge on any atom is -0.507 e. The van der Waals surface area contributed by atoms with Gasteiger partial charge in [0.25, 0.3) is 11.7 Å². The lowest BCUT2D eigenvalue weighted by atomic mass is 9.95. The molecule has 7 nitrogen and oxygen atoms in total. The van der Waals surface area contributed by atoms with E-state index in [-0.39, 0.29) is 11.3 Å². The Morgan fingerprint density at radius 3 is 2.32 bits per heavy atom. The molecule has 1 unspecified atom stereocenters. The first-order valence-electron chi connectivity index (χ1n) is 10.1. The average Bonchev–Trinajstić information content (AvgIpc) is 3.03. The van der Waals surface area contributed by atoms with Crippen LogP contribution in [-0.2, 0) is 9.59 Å². The van der Waals surface area contributed by atoms with E-state index in [0.29, 0.717) is 30.0 Å². The van der Waals surface area contributed by atoms with Gasteiger partial charge in [-0.15, -0.1) is 0 Å². The Labute approximate surface area is 182 Å². The van der Waals surface area contributed by atoms with Crippen molar-refractivity contribution in [2.45, 2.75) is 12.5 Å². The molecule has 1 fully saturated rings. The molecule has 3 rings (SSSR count). The van der Waals surface area contributed by atoms with Gasteiger partial charge in [-0.1, -0.05) is 24.3 Å². The SMILES string of the molecule is COc1ccc(C2/C(=C(/O)c3cccc(OC)c3)C(=O)C(=O)N2CCCN(C)C)cc1. The Morgan fingerprint density at radius 1 is 1.03 bits per heavy atom. The van der Waals surface area contributed by atoms with E-state index < -0.39 is 17.7 Å². The van der Waals surface area contributed by atoms with E-state index in [1.807, 2.05) is 31.1 Å². The van der Waals surface area contributed by atoms with Crippen LogP contribution in [0.1, 0.15) is 23.6 Å². The Balaban J connectivity index is 2.09. The molecule has 0 aromatic heterocycles. The van der Waals surface area contributed by atoms with Crippen LogP contribution >= 0.6 is 0 Å². The molecule has 31 heavy (non-hydrogen) atoms. The number of aliphatic hydroxyl groups is 1. The summed E-state index contributed by atoms with van der Waals surface area (Å²) in [5, 5.41) is 11.1. The van der Waals surface area contributed by atoms with Crippen LogP contribution in [-0.4, -0.2) is 68.0 Å². The minimum absolute atomic E-state index is 0.0771. The van der Waals surface area contributed by atoms with Gasteiger partial charge in [0, 0.05) is 12.1 Å². The van der Waals surface area contributed by atoms with Crippen LogP contribution in [0, 0.1) is 0 Å². The van der Waals surface area contributed by atoms with E-state index in [1.165, 1.54) is 7.11 Å². The van der Waals surface area contributed by atoms with Crippen molar-refractivity contribution in [1.29, 1.82) is 0 Å². The predicted octanol–water partition coefficient (Wildman–Crippen LogP) is 3.08. The highest BCUT2D eigenvalue weighted by Crippen LogP contribution is 2.40. The number of hydrogen-bond donors (Lipinski definition) is 1. The van der Waals surface area contributed by atoms with E-state index >= 15 is 0 Å². The number of Topliss-reactive ketones (excluding diaryl/α,β-unsaturated/α-hetero) is 1. The summed E-state index contributed by atoms with van der Waals surface area (Å²) in [5.41, 5.74) is 1.23. The van der Waals surface area contributed by atoms with Crippen LogP contribution in [0.25, 0.3) is 5.76 Å². The zero-order valence-corrected chi connectivity index (χ0v) is 18.3. The van der Waals surface area contributed by atoms with Gasteiger partial charge in [-0.25, -0.2) is 0 Å². The normalized spacial score (nSPS) is 18.0. The largest absolute Gasteiger partial charge is 0.507 e. The maximum Gasteiger partial charge on any atom is 0.295 e. The van der Waals surface area contributed by atoms with Gasteiger partial charge in [0.1, 0.15) is 17.3 Å². The monoisotopic (exact) mass is 424 g/mol. The molecule has 0 radical (unpaired) electrons. The van der Waals surface area contributed by atoms with Crippen LogP contribution in [0.5, 0.6) is 11.5 Å². The van der Waals surface area contributed by atoms with Crippen LogP contribution < -0.4 is 9.47 Å². The molecule has 2 aromatic carbocycles. The Bertz CT molecular complexity index is 982. The van der Waals surface area contributed by atoms with Crippen LogP contribution in [0.2, 0.25) is 0 Å². The summed E-state index contributed by atoms with van der Waals surface area (Å²) < 4.78 is 10.5. The zero-order chi connectivity index (χ0) is 22.5. The average molecular weight is 424 g/mol. The van der Waals surface area contributed by atoms with Crippen LogP contribution in [0.4, 0.5) is 0 Å². The number of ether oxygens (including phenoxy) is 2. The molecule has 1 atom stereocenters. The molecule has 0 bridgehead atoms. The second-order valence-electron chi connectivity index (χ2n) is 7.65. The summed E-state index contributed by atoms with van der Waals surface area (Å²) in [6, 6.07) is 13.3. The number of likely N-dealkylation sites (tertiary alicyclic amines) is 1. The van der Waals surface area contributed by atoms with E-state index in [1.54, 1.807) is 48.4 Å². The van der Waals surface area contributed by atoms with E-state index in [2.05, 4.69) is 0 Å². The maximum absolute atomic E-state index is 13.0. The van der Waals surface area contributed by atoms with Crippen molar-refractivity contribution >= 4 is 17.4 Å². The number of methoxy groups -OCH3 is 2. The van der Waals surface area contributed by atoms with Crippen LogP contribution in [0.3, 0.4) is 0 Å². The highest BCUT2D eigenvalue weighted by atomic mass is 16.5. The number of ketones is 1. The molecule has 2 aromatic rings. The highest BCUT2D eigenvalue weighted by molar-refractivity contribution is 6.46. The van der Waals surface area contributed by atoms with Gasteiger partial charge in [0.15, 0.2) is 0 Å². The van der Waals surface area contributed by atoms with Gasteiger partial charge >= 0.3 is 0 Å². The van der Waals surface area contributed by atoms with Gasteiger partial charge < -0.3 is 24.4 Å². The smallest absolute Gasteiger partial charge is 0.295 e. The molecule has 164 valence electrons. The Hall–Kier alpha value is -3.32. The predicted molar refractivity (Wildman–Crippen MR) is 118 cm³/mol. The summed E-state index contributed by atoms with van der Waals surface area (Å²) in [5.74, 6) is -0.297. The van der Waals surface area contributed by atoms with Crippen molar-refractivity contribution in [2.75, 3.05) is 41.4 Å². The molecule has 0 aliphatic carbocycles. The third-order valence-corrected chi connectivity index (χ3v) is 5.32. The number of amides is 1. The van der Waals surface area contributed by atoms with Crippen molar-refractivity contribution in [1.82, 2.24) is 9.80 Å². The number of carbonyl (C=O) groups is 2. The van der Waals surface area contributed by atoms with Gasteiger partial charge in [-0.3, -0.25) is 9.59 Å². The lowest BCUT2D eigenvalue weighted by Gasteiger charge is -2.26. The van der Waals surface area contributed by atoms with Gasteiger partial charge in [-0.2, -0.15) is 0 Å². The molecule has 1 heterocycles. The number of hydrogen-bond acceptors (Lipinski definition) is 6. The molecule has 1 N–H and O–H groups in total. The second-order valence-corrected chi connectivity index (χ2v) is 7.65. The number of rotatable bonds is 8. The van der Waals surface area contributed by atoms with Crippen molar-refractivity contribution in [2.24, 2.45) is 0 Å². The molecule has 7 heteroatoms. The van der Waals surface area contributed by atoms with E-state index in [0.717, 1.165) is 12.1 Å². The quantitative estimate of drug-likeness (QED) is 0.399. The van der Waals surface area contributed by atoms with Gasteiger partial charge in [-0.05, 0) is 56.9 Å². The molecule has 1 saturated heterocycles. The number of nitrogens with zero attached hydrogens (tertiary/aromatic N) is 2. The maximum atomic E-state index is 13.0. The molecule has 1 aliphatic rings. The van der Waals surface area contributed by atoms with Gasteiger partial charge in [0.2, 0.25) is 0 Å². The number of benzene rings is 2. The number of carbonyl (C=O) groups excluding carboxylic acids is 2. The third-order valence-electron chi connectivity index (χ3n) is 5.32. The van der Waals surface area contributed by atoms with Gasteiger partial charge in [0.05, 0.1) is 25.8 Å². The summed E-state index contributed by atoms with van der Waals surface area (Å²) >= 11 is 0. The lowest BCUT2D eigenvalue weighted by molar-refractivity contribution is -0.139. The number of aliphatic hydroxyl groups excluding tert-OH is 1. The van der Waals surface area contributed by atoms with E-state index in [9.17, 15) is 14.7 Å². The van der Waals surface area contributed by atoms with E-state index in [4.69, 9.17) is 9.47 Å². The van der Waals surface area contributed by atoms with Crippen molar-refractivity contribution in [3.05, 3.63) is 65.2 Å². The fraction of sp³-hybridized carbons (Fsp3) is 0.333. The molecular formula is C24H28N2O5. The summed E-state index contributed by atoms with van der Waals surface area (Å²) in [7, 11) is 7.01. The van der Waals surface area contributed by atoms with Crippen molar-refractivity contribution in [3.8, 4) is 11.5 Å². The fourth-order valence-electron chi connectivity index (χ4n) is 3.73. The summed E-state index contributed by atoms with van der Waals surface area (Å²) in [6.07, 6.45) is 0.700. The fourth-order valence-corrected chi connectivity index (χ4v) is 3.73. The first kappa shape index (κ1) is 22.4. The summed E-state index contributed by atoms with van der Waals surface area (Å²) in [6.45, 7) is 1.17.